The number of urea groups is 1. The van der Waals surface area contributed by atoms with Crippen molar-refractivity contribution in [2.45, 2.75) is 25.6 Å². The molecule has 1 aliphatic heterocycles. The normalized spacial score (nSPS) is 17.1. The Balaban J connectivity index is 1.41. The number of halogens is 5. The van der Waals surface area contributed by atoms with Crippen LogP contribution in [0.15, 0.2) is 42.5 Å². The number of carbonyl (C=O) groups excluding carboxylic acids is 1. The molecule has 1 unspecified atom stereocenters. The number of carbonyl (C=O) groups is 1. The van der Waals surface area contributed by atoms with Crippen molar-refractivity contribution in [1.82, 2.24) is 15.5 Å². The van der Waals surface area contributed by atoms with E-state index in [2.05, 4.69) is 20.3 Å². The molecule has 0 spiro atoms. The highest BCUT2D eigenvalue weighted by Crippen LogP contribution is 2.24. The molecule has 2 N–H and O–H groups in total. The molecule has 6 nitrogen and oxygen atoms in total. The van der Waals surface area contributed by atoms with Crippen LogP contribution < -0.4 is 15.4 Å². The molecule has 0 radical (unpaired) electrons. The zero-order chi connectivity index (χ0) is 23.1. The zero-order valence-electron chi connectivity index (χ0n) is 16.9. The van der Waals surface area contributed by atoms with Gasteiger partial charge in [-0.15, -0.1) is 13.2 Å². The molecule has 0 saturated carbocycles. The highest BCUT2D eigenvalue weighted by Gasteiger charge is 2.31. The van der Waals surface area contributed by atoms with Crippen LogP contribution in [0.25, 0.3) is 0 Å². The van der Waals surface area contributed by atoms with Crippen LogP contribution >= 0.6 is 23.2 Å². The lowest BCUT2D eigenvalue weighted by molar-refractivity contribution is -0.274. The molecule has 1 atom stereocenters. The third-order valence-corrected chi connectivity index (χ3v) is 5.43. The van der Waals surface area contributed by atoms with Crippen molar-refractivity contribution in [3.63, 3.8) is 0 Å². The van der Waals surface area contributed by atoms with Gasteiger partial charge in [0.15, 0.2) is 0 Å². The van der Waals surface area contributed by atoms with E-state index in [4.69, 9.17) is 27.9 Å². The number of hydrogen-bond donors (Lipinski definition) is 2. The van der Waals surface area contributed by atoms with Gasteiger partial charge >= 0.3 is 12.4 Å². The first-order valence-corrected chi connectivity index (χ1v) is 10.6. The Morgan fingerprint density at radius 1 is 1.12 bits per heavy atom. The summed E-state index contributed by atoms with van der Waals surface area (Å²) >= 11 is 12.0. The SMILES string of the molecule is O=C(NCc1cccc(OC(F)(F)F)c1)NCC1CN(Cc2ccc(Cl)c(Cl)c2)CCO1. The molecule has 0 bridgehead atoms. The standard InChI is InChI=1S/C21H22Cl2F3N3O3/c22-18-5-4-15(9-19(18)23)12-29-6-7-31-17(13-29)11-28-20(30)27-10-14-2-1-3-16(8-14)32-21(24,25)26/h1-5,8-9,17H,6-7,10-13H2,(H2,27,28,30). The second-order valence-corrected chi connectivity index (χ2v) is 8.05. The summed E-state index contributed by atoms with van der Waals surface area (Å²) in [6.45, 7) is 2.92. The number of nitrogens with zero attached hydrogens (tertiary/aromatic N) is 1. The number of alkyl halides is 3. The summed E-state index contributed by atoms with van der Waals surface area (Å²) < 4.78 is 46.5. The predicted octanol–water partition coefficient (Wildman–Crippen LogP) is 4.59. The van der Waals surface area contributed by atoms with E-state index >= 15 is 0 Å². The van der Waals surface area contributed by atoms with E-state index in [0.29, 0.717) is 41.8 Å². The molecule has 1 saturated heterocycles. The van der Waals surface area contributed by atoms with Crippen molar-refractivity contribution in [1.29, 1.82) is 0 Å². The molecule has 1 heterocycles. The monoisotopic (exact) mass is 491 g/mol. The van der Waals surface area contributed by atoms with Crippen molar-refractivity contribution in [3.8, 4) is 5.75 Å². The number of ether oxygens (including phenoxy) is 2. The van der Waals surface area contributed by atoms with Crippen LogP contribution in [0.4, 0.5) is 18.0 Å². The Bertz CT molecular complexity index is 931. The molecule has 174 valence electrons. The number of rotatable bonds is 7. The fraction of sp³-hybridized carbons (Fsp3) is 0.381. The maximum atomic E-state index is 12.3. The second-order valence-electron chi connectivity index (χ2n) is 7.24. The van der Waals surface area contributed by atoms with Crippen molar-refractivity contribution in [2.75, 3.05) is 26.2 Å². The number of nitrogens with one attached hydrogen (secondary N) is 2. The Morgan fingerprint density at radius 3 is 2.69 bits per heavy atom. The molecule has 0 aromatic heterocycles. The Morgan fingerprint density at radius 2 is 1.94 bits per heavy atom. The van der Waals surface area contributed by atoms with Crippen LogP contribution in [0.3, 0.4) is 0 Å². The van der Waals surface area contributed by atoms with Crippen LogP contribution in [0.5, 0.6) is 5.75 Å². The fourth-order valence-electron chi connectivity index (χ4n) is 3.25. The lowest BCUT2D eigenvalue weighted by Crippen LogP contribution is -2.48. The van der Waals surface area contributed by atoms with Crippen molar-refractivity contribution in [2.24, 2.45) is 0 Å². The maximum absolute atomic E-state index is 12.3. The maximum Gasteiger partial charge on any atom is 0.573 e. The summed E-state index contributed by atoms with van der Waals surface area (Å²) in [6, 6.07) is 10.5. The molecule has 1 fully saturated rings. The van der Waals surface area contributed by atoms with Gasteiger partial charge in [0.05, 0.1) is 22.8 Å². The van der Waals surface area contributed by atoms with Crippen molar-refractivity contribution >= 4 is 29.2 Å². The van der Waals surface area contributed by atoms with E-state index in [1.54, 1.807) is 12.1 Å². The average Bonchev–Trinajstić information content (AvgIpc) is 2.73. The second kappa shape index (κ2) is 11.1. The van der Waals surface area contributed by atoms with Crippen molar-refractivity contribution < 1.29 is 27.4 Å². The molecular weight excluding hydrogens is 470 g/mol. The fourth-order valence-corrected chi connectivity index (χ4v) is 3.57. The van der Waals surface area contributed by atoms with Gasteiger partial charge in [-0.1, -0.05) is 41.4 Å². The van der Waals surface area contributed by atoms with Gasteiger partial charge in [-0.3, -0.25) is 4.90 Å². The van der Waals surface area contributed by atoms with Gasteiger partial charge in [0.25, 0.3) is 0 Å². The van der Waals surface area contributed by atoms with Crippen molar-refractivity contribution in [3.05, 3.63) is 63.6 Å². The lowest BCUT2D eigenvalue weighted by atomic mass is 10.2. The third-order valence-electron chi connectivity index (χ3n) is 4.69. The van der Waals surface area contributed by atoms with E-state index in [1.165, 1.54) is 18.2 Å². The van der Waals surface area contributed by atoms with Crippen LogP contribution in [0.2, 0.25) is 10.0 Å². The van der Waals surface area contributed by atoms with Gasteiger partial charge in [-0.2, -0.15) is 0 Å². The molecule has 11 heteroatoms. The predicted molar refractivity (Wildman–Crippen MR) is 115 cm³/mol. The van der Waals surface area contributed by atoms with Gasteiger partial charge in [-0.05, 0) is 35.4 Å². The highest BCUT2D eigenvalue weighted by molar-refractivity contribution is 6.42. The molecular formula is C21H22Cl2F3N3O3. The highest BCUT2D eigenvalue weighted by atomic mass is 35.5. The van der Waals surface area contributed by atoms with E-state index in [0.717, 1.165) is 12.1 Å². The number of morpholine rings is 1. The number of hydrogen-bond acceptors (Lipinski definition) is 4. The van der Waals surface area contributed by atoms with Crippen LogP contribution in [-0.2, 0) is 17.8 Å². The van der Waals surface area contributed by atoms with E-state index in [-0.39, 0.29) is 18.4 Å². The zero-order valence-corrected chi connectivity index (χ0v) is 18.4. The minimum absolute atomic E-state index is 0.0515. The van der Waals surface area contributed by atoms with E-state index in [1.807, 2.05) is 12.1 Å². The van der Waals surface area contributed by atoms with E-state index in [9.17, 15) is 18.0 Å². The lowest BCUT2D eigenvalue weighted by Gasteiger charge is -2.33. The summed E-state index contributed by atoms with van der Waals surface area (Å²) in [7, 11) is 0. The first-order valence-electron chi connectivity index (χ1n) is 9.82. The molecule has 2 aromatic carbocycles. The van der Waals surface area contributed by atoms with E-state index < -0.39 is 12.4 Å². The summed E-state index contributed by atoms with van der Waals surface area (Å²) in [5.74, 6) is -0.338. The minimum atomic E-state index is -4.77. The summed E-state index contributed by atoms with van der Waals surface area (Å²) in [6.07, 6.45) is -4.96. The summed E-state index contributed by atoms with van der Waals surface area (Å²) in [5.41, 5.74) is 1.51. The molecule has 0 aliphatic carbocycles. The topological polar surface area (TPSA) is 62.8 Å². The van der Waals surface area contributed by atoms with Crippen LogP contribution in [0.1, 0.15) is 11.1 Å². The number of amides is 2. The molecule has 3 rings (SSSR count). The quantitative estimate of drug-likeness (QED) is 0.594. The summed E-state index contributed by atoms with van der Waals surface area (Å²) in [5, 5.41) is 6.34. The molecule has 2 amide bonds. The minimum Gasteiger partial charge on any atom is -0.406 e. The Labute approximate surface area is 193 Å². The van der Waals surface area contributed by atoms with Gasteiger partial charge < -0.3 is 20.1 Å². The van der Waals surface area contributed by atoms with Crippen LogP contribution in [0, 0.1) is 0 Å². The summed E-state index contributed by atoms with van der Waals surface area (Å²) in [4.78, 5) is 14.3. The molecule has 32 heavy (non-hydrogen) atoms. The number of benzene rings is 2. The largest absolute Gasteiger partial charge is 0.573 e. The Hall–Kier alpha value is -2.20. The van der Waals surface area contributed by atoms with Gasteiger partial charge in [0, 0.05) is 32.7 Å². The van der Waals surface area contributed by atoms with Crippen LogP contribution in [-0.4, -0.2) is 49.6 Å². The smallest absolute Gasteiger partial charge is 0.406 e. The third kappa shape index (κ3) is 8.05. The van der Waals surface area contributed by atoms with Gasteiger partial charge in [0.1, 0.15) is 5.75 Å². The molecule has 2 aromatic rings. The van der Waals surface area contributed by atoms with Gasteiger partial charge in [0.2, 0.25) is 0 Å². The average molecular weight is 492 g/mol. The van der Waals surface area contributed by atoms with Gasteiger partial charge in [-0.25, -0.2) is 4.79 Å². The Kier molecular flexibility index (Phi) is 8.47. The first kappa shape index (κ1) is 24.4. The first-order chi connectivity index (χ1) is 15.2. The molecule has 1 aliphatic rings.